The fraction of sp³-hybridized carbons (Fsp3) is 0.692. The molecular weight excluding hydrogens is 188 g/mol. The Labute approximate surface area is 93.9 Å². The second kappa shape index (κ2) is 9.39. The van der Waals surface area contributed by atoms with E-state index in [0.29, 0.717) is 5.92 Å². The molecule has 1 heteroatoms. The maximum atomic E-state index is 4.10. The van der Waals surface area contributed by atoms with Gasteiger partial charge in [0.1, 0.15) is 0 Å². The van der Waals surface area contributed by atoms with Gasteiger partial charge in [0.15, 0.2) is 0 Å². The molecule has 0 rings (SSSR count). The molecule has 0 aliphatic carbocycles. The van der Waals surface area contributed by atoms with E-state index in [1.165, 1.54) is 30.6 Å². The van der Waals surface area contributed by atoms with Gasteiger partial charge in [-0.3, -0.25) is 0 Å². The lowest BCUT2D eigenvalue weighted by Crippen LogP contribution is -1.93. The van der Waals surface area contributed by atoms with Crippen molar-refractivity contribution in [2.75, 3.05) is 11.5 Å². The summed E-state index contributed by atoms with van der Waals surface area (Å²) in [5.41, 5.74) is 1.39. The predicted octanol–water partition coefficient (Wildman–Crippen LogP) is 4.68. The predicted molar refractivity (Wildman–Crippen MR) is 70.0 cm³/mol. The third kappa shape index (κ3) is 8.43. The first-order chi connectivity index (χ1) is 6.70. The molecule has 1 atom stereocenters. The minimum atomic E-state index is 0.632. The van der Waals surface area contributed by atoms with Crippen molar-refractivity contribution in [2.45, 2.75) is 39.5 Å². The highest BCUT2D eigenvalue weighted by Crippen LogP contribution is 2.16. The molecule has 0 aromatic carbocycles. The summed E-state index contributed by atoms with van der Waals surface area (Å²) in [6.45, 7) is 12.3. The summed E-state index contributed by atoms with van der Waals surface area (Å²) in [5, 5.41) is 0. The quantitative estimate of drug-likeness (QED) is 0.395. The first-order valence-electron chi connectivity index (χ1n) is 5.57. The summed E-state index contributed by atoms with van der Waals surface area (Å²) in [5.74, 6) is 3.06. The van der Waals surface area contributed by atoms with E-state index in [9.17, 15) is 0 Å². The van der Waals surface area contributed by atoms with Crippen molar-refractivity contribution < 1.29 is 0 Å². The third-order valence-corrected chi connectivity index (χ3v) is 3.49. The molecule has 0 radical (unpaired) electrons. The standard InChI is InChI=1S/C13H24S/c1-5-7-10-14-11-13(4)9-8-12(3)6-2/h6,12H,2,4-5,7-11H2,1,3H3. The molecule has 82 valence electrons. The number of hydrogen-bond acceptors (Lipinski definition) is 1. The molecule has 0 aliphatic rings. The van der Waals surface area contributed by atoms with Crippen LogP contribution in [0.15, 0.2) is 24.8 Å². The van der Waals surface area contributed by atoms with Gasteiger partial charge in [0.2, 0.25) is 0 Å². The molecule has 0 aliphatic heterocycles. The fourth-order valence-electron chi connectivity index (χ4n) is 1.08. The molecule has 1 unspecified atom stereocenters. The third-order valence-electron chi connectivity index (χ3n) is 2.30. The summed E-state index contributed by atoms with van der Waals surface area (Å²) in [6, 6.07) is 0. The molecule has 0 amide bonds. The van der Waals surface area contributed by atoms with Gasteiger partial charge in [-0.1, -0.05) is 38.5 Å². The van der Waals surface area contributed by atoms with Gasteiger partial charge in [0.25, 0.3) is 0 Å². The van der Waals surface area contributed by atoms with Crippen molar-refractivity contribution >= 4 is 11.8 Å². The molecule has 0 aromatic rings. The second-order valence-corrected chi connectivity index (χ2v) is 5.01. The molecule has 14 heavy (non-hydrogen) atoms. The van der Waals surface area contributed by atoms with Gasteiger partial charge < -0.3 is 0 Å². The van der Waals surface area contributed by atoms with Crippen LogP contribution < -0.4 is 0 Å². The highest BCUT2D eigenvalue weighted by molar-refractivity contribution is 7.99. The highest BCUT2D eigenvalue weighted by atomic mass is 32.2. The lowest BCUT2D eigenvalue weighted by atomic mass is 10.0. The molecule has 0 nitrogen and oxygen atoms in total. The number of thioether (sulfide) groups is 1. The van der Waals surface area contributed by atoms with Crippen LogP contribution in [0.25, 0.3) is 0 Å². The first kappa shape index (κ1) is 13.8. The number of unbranched alkanes of at least 4 members (excludes halogenated alkanes) is 1. The Kier molecular flexibility index (Phi) is 9.27. The molecular formula is C13H24S. The van der Waals surface area contributed by atoms with Crippen LogP contribution in [-0.4, -0.2) is 11.5 Å². The Morgan fingerprint density at radius 1 is 1.50 bits per heavy atom. The van der Waals surface area contributed by atoms with Gasteiger partial charge >= 0.3 is 0 Å². The zero-order valence-electron chi connectivity index (χ0n) is 9.72. The maximum Gasteiger partial charge on any atom is 0.0140 e. The lowest BCUT2D eigenvalue weighted by Gasteiger charge is -2.08. The number of rotatable bonds is 9. The zero-order valence-corrected chi connectivity index (χ0v) is 10.5. The van der Waals surface area contributed by atoms with Gasteiger partial charge in [-0.2, -0.15) is 11.8 Å². The van der Waals surface area contributed by atoms with Gasteiger partial charge in [0, 0.05) is 5.75 Å². The minimum Gasteiger partial charge on any atom is -0.158 e. The molecule has 0 N–H and O–H groups in total. The minimum absolute atomic E-state index is 0.632. The Balaban J connectivity index is 3.32. The average Bonchev–Trinajstić information content (AvgIpc) is 2.21. The van der Waals surface area contributed by atoms with Crippen molar-refractivity contribution in [1.29, 1.82) is 0 Å². The van der Waals surface area contributed by atoms with Gasteiger partial charge in [-0.05, 0) is 30.9 Å². The second-order valence-electron chi connectivity index (χ2n) is 3.91. The van der Waals surface area contributed by atoms with Gasteiger partial charge in [-0.25, -0.2) is 0 Å². The van der Waals surface area contributed by atoms with Crippen LogP contribution in [0.1, 0.15) is 39.5 Å². The Morgan fingerprint density at radius 3 is 2.79 bits per heavy atom. The summed E-state index contributed by atoms with van der Waals surface area (Å²) >= 11 is 2.02. The maximum absolute atomic E-state index is 4.10. The van der Waals surface area contributed by atoms with Crippen molar-refractivity contribution in [2.24, 2.45) is 5.92 Å². The van der Waals surface area contributed by atoms with Crippen molar-refractivity contribution in [3.05, 3.63) is 24.8 Å². The largest absolute Gasteiger partial charge is 0.158 e. The lowest BCUT2D eigenvalue weighted by molar-refractivity contribution is 0.647. The van der Waals surface area contributed by atoms with Crippen molar-refractivity contribution in [3.8, 4) is 0 Å². The van der Waals surface area contributed by atoms with E-state index < -0.39 is 0 Å². The fourth-order valence-corrected chi connectivity index (χ4v) is 2.15. The Hall–Kier alpha value is -0.170. The van der Waals surface area contributed by atoms with E-state index in [4.69, 9.17) is 0 Å². The summed E-state index contributed by atoms with van der Waals surface area (Å²) in [4.78, 5) is 0. The normalized spacial score (nSPS) is 12.4. The van der Waals surface area contributed by atoms with E-state index in [1.54, 1.807) is 0 Å². The van der Waals surface area contributed by atoms with E-state index >= 15 is 0 Å². The molecule has 0 aromatic heterocycles. The molecule has 0 spiro atoms. The Bertz CT molecular complexity index is 161. The van der Waals surface area contributed by atoms with Crippen LogP contribution in [0.3, 0.4) is 0 Å². The zero-order chi connectivity index (χ0) is 10.8. The number of allylic oxidation sites excluding steroid dienone is 1. The monoisotopic (exact) mass is 212 g/mol. The Morgan fingerprint density at radius 2 is 2.21 bits per heavy atom. The average molecular weight is 212 g/mol. The molecule has 0 saturated carbocycles. The molecule has 0 bridgehead atoms. The molecule has 0 fully saturated rings. The molecule has 0 heterocycles. The van der Waals surface area contributed by atoms with E-state index in [0.717, 1.165) is 12.2 Å². The molecule has 0 saturated heterocycles. The topological polar surface area (TPSA) is 0 Å². The van der Waals surface area contributed by atoms with Gasteiger partial charge in [-0.15, -0.1) is 6.58 Å². The first-order valence-corrected chi connectivity index (χ1v) is 6.73. The van der Waals surface area contributed by atoms with Crippen molar-refractivity contribution in [1.82, 2.24) is 0 Å². The smallest absolute Gasteiger partial charge is 0.0140 e. The van der Waals surface area contributed by atoms with Crippen LogP contribution in [-0.2, 0) is 0 Å². The van der Waals surface area contributed by atoms with Crippen LogP contribution in [0.2, 0.25) is 0 Å². The summed E-state index contributed by atoms with van der Waals surface area (Å²) < 4.78 is 0. The van der Waals surface area contributed by atoms with E-state index in [2.05, 4.69) is 27.0 Å². The summed E-state index contributed by atoms with van der Waals surface area (Å²) in [6.07, 6.45) is 7.02. The van der Waals surface area contributed by atoms with E-state index in [-0.39, 0.29) is 0 Å². The highest BCUT2D eigenvalue weighted by Gasteiger charge is 1.99. The number of hydrogen-bond donors (Lipinski definition) is 0. The van der Waals surface area contributed by atoms with Crippen LogP contribution in [0.4, 0.5) is 0 Å². The van der Waals surface area contributed by atoms with Crippen molar-refractivity contribution in [3.63, 3.8) is 0 Å². The van der Waals surface area contributed by atoms with Gasteiger partial charge in [0.05, 0.1) is 0 Å². The van der Waals surface area contributed by atoms with Crippen LogP contribution >= 0.6 is 11.8 Å². The summed E-state index contributed by atoms with van der Waals surface area (Å²) in [7, 11) is 0. The van der Waals surface area contributed by atoms with Crippen LogP contribution in [0.5, 0.6) is 0 Å². The van der Waals surface area contributed by atoms with E-state index in [1.807, 2.05) is 17.8 Å². The SMILES string of the molecule is C=CC(C)CCC(=C)CSCCCC. The van der Waals surface area contributed by atoms with Crippen LogP contribution in [0, 0.1) is 5.92 Å².